The van der Waals surface area contributed by atoms with Crippen molar-refractivity contribution in [2.75, 3.05) is 7.11 Å². The van der Waals surface area contributed by atoms with Crippen LogP contribution in [0.4, 0.5) is 4.79 Å². The number of nitrogens with zero attached hydrogens (tertiary/aromatic N) is 1. The molecule has 4 amide bonds. The van der Waals surface area contributed by atoms with Crippen LogP contribution in [0.2, 0.25) is 5.02 Å². The Kier molecular flexibility index (Phi) is 5.09. The molecule has 1 saturated carbocycles. The fraction of sp³-hybridized carbons (Fsp3) is 0.500. The molecule has 0 aromatic heterocycles. The lowest BCUT2D eigenvalue weighted by atomic mass is 9.77. The lowest BCUT2D eigenvalue weighted by molar-refractivity contribution is -0.139. The minimum Gasteiger partial charge on any atom is -0.496 e. The predicted octanol–water partition coefficient (Wildman–Crippen LogP) is 2.42. The number of hydrogen-bond acceptors (Lipinski definition) is 4. The SMILES string of the molecule is COc1ccc(Cl)cc1CC(=O)NN1C(=O)NC2(CCC(C)CC2)C1=O. The second-order valence-corrected chi connectivity index (χ2v) is 7.44. The number of amides is 4. The highest BCUT2D eigenvalue weighted by atomic mass is 35.5. The molecule has 0 unspecified atom stereocenters. The molecule has 8 heteroatoms. The Morgan fingerprint density at radius 2 is 2.08 bits per heavy atom. The van der Waals surface area contributed by atoms with Gasteiger partial charge in [-0.2, -0.15) is 5.01 Å². The Morgan fingerprint density at radius 1 is 1.38 bits per heavy atom. The molecule has 1 aromatic carbocycles. The largest absolute Gasteiger partial charge is 0.496 e. The Bertz CT molecular complexity index is 744. The number of nitrogens with one attached hydrogen (secondary N) is 2. The Morgan fingerprint density at radius 3 is 2.73 bits per heavy atom. The standard InChI is InChI=1S/C18H22ClN3O4/c1-11-5-7-18(8-6-11)16(24)22(17(25)20-18)21-15(23)10-12-9-13(19)3-4-14(12)26-2/h3-4,9,11H,5-8,10H2,1-2H3,(H,20,25)(H,21,23). The Hall–Kier alpha value is -2.28. The molecule has 1 aliphatic carbocycles. The first-order valence-electron chi connectivity index (χ1n) is 8.63. The summed E-state index contributed by atoms with van der Waals surface area (Å²) in [4.78, 5) is 37.4. The molecule has 0 bridgehead atoms. The third kappa shape index (κ3) is 3.49. The summed E-state index contributed by atoms with van der Waals surface area (Å²) in [5.41, 5.74) is 2.11. The molecule has 2 aliphatic rings. The van der Waals surface area contributed by atoms with Gasteiger partial charge in [-0.25, -0.2) is 4.79 Å². The average Bonchev–Trinajstić information content (AvgIpc) is 2.82. The van der Waals surface area contributed by atoms with Gasteiger partial charge in [0.05, 0.1) is 13.5 Å². The Balaban J connectivity index is 1.69. The molecule has 140 valence electrons. The molecule has 0 radical (unpaired) electrons. The van der Waals surface area contributed by atoms with Crippen molar-refractivity contribution in [1.82, 2.24) is 15.8 Å². The number of rotatable bonds is 4. The number of urea groups is 1. The van der Waals surface area contributed by atoms with Crippen molar-refractivity contribution in [1.29, 1.82) is 0 Å². The van der Waals surface area contributed by atoms with Crippen LogP contribution in [0, 0.1) is 5.92 Å². The van der Waals surface area contributed by atoms with E-state index in [1.54, 1.807) is 18.2 Å². The van der Waals surface area contributed by atoms with Gasteiger partial charge in [0.15, 0.2) is 0 Å². The summed E-state index contributed by atoms with van der Waals surface area (Å²) in [6, 6.07) is 4.36. The van der Waals surface area contributed by atoms with Crippen LogP contribution in [0.3, 0.4) is 0 Å². The van der Waals surface area contributed by atoms with Crippen LogP contribution in [0.25, 0.3) is 0 Å². The number of ether oxygens (including phenoxy) is 1. The van der Waals surface area contributed by atoms with E-state index in [0.29, 0.717) is 35.1 Å². The predicted molar refractivity (Wildman–Crippen MR) is 95.6 cm³/mol. The van der Waals surface area contributed by atoms with E-state index in [1.807, 2.05) is 0 Å². The van der Waals surface area contributed by atoms with E-state index in [0.717, 1.165) is 17.9 Å². The molecular weight excluding hydrogens is 358 g/mol. The number of imide groups is 1. The van der Waals surface area contributed by atoms with Gasteiger partial charge < -0.3 is 10.1 Å². The maximum Gasteiger partial charge on any atom is 0.344 e. The van der Waals surface area contributed by atoms with Gasteiger partial charge in [0.25, 0.3) is 5.91 Å². The summed E-state index contributed by atoms with van der Waals surface area (Å²) in [5.74, 6) is 0.167. The number of hydrazine groups is 1. The van der Waals surface area contributed by atoms with Crippen LogP contribution >= 0.6 is 11.6 Å². The summed E-state index contributed by atoms with van der Waals surface area (Å²) >= 11 is 5.97. The number of benzene rings is 1. The fourth-order valence-electron chi connectivity index (χ4n) is 3.54. The summed E-state index contributed by atoms with van der Waals surface area (Å²) in [6.45, 7) is 2.13. The zero-order chi connectivity index (χ0) is 18.9. The van der Waals surface area contributed by atoms with Gasteiger partial charge in [-0.15, -0.1) is 0 Å². The van der Waals surface area contributed by atoms with Crippen molar-refractivity contribution in [3.8, 4) is 5.75 Å². The van der Waals surface area contributed by atoms with Crippen LogP contribution < -0.4 is 15.5 Å². The van der Waals surface area contributed by atoms with Crippen LogP contribution in [0.5, 0.6) is 5.75 Å². The molecule has 1 saturated heterocycles. The number of halogens is 1. The van der Waals surface area contributed by atoms with Crippen LogP contribution in [-0.4, -0.2) is 35.5 Å². The van der Waals surface area contributed by atoms with Gasteiger partial charge >= 0.3 is 6.03 Å². The van der Waals surface area contributed by atoms with Crippen LogP contribution in [0.15, 0.2) is 18.2 Å². The van der Waals surface area contributed by atoms with Crippen LogP contribution in [0.1, 0.15) is 38.2 Å². The van der Waals surface area contributed by atoms with Gasteiger partial charge in [-0.3, -0.25) is 15.0 Å². The molecule has 2 fully saturated rings. The highest BCUT2D eigenvalue weighted by Crippen LogP contribution is 2.35. The van der Waals surface area contributed by atoms with Crippen molar-refractivity contribution in [2.24, 2.45) is 5.92 Å². The first kappa shape index (κ1) is 18.5. The van der Waals surface area contributed by atoms with Crippen molar-refractivity contribution < 1.29 is 19.1 Å². The quantitative estimate of drug-likeness (QED) is 0.786. The third-order valence-corrected chi connectivity index (χ3v) is 5.35. The number of methoxy groups -OCH3 is 1. The van der Waals surface area contributed by atoms with E-state index >= 15 is 0 Å². The summed E-state index contributed by atoms with van der Waals surface area (Å²) in [7, 11) is 1.50. The second kappa shape index (κ2) is 7.15. The molecule has 2 N–H and O–H groups in total. The van der Waals surface area contributed by atoms with E-state index in [2.05, 4.69) is 17.7 Å². The van der Waals surface area contributed by atoms with Crippen molar-refractivity contribution >= 4 is 29.4 Å². The van der Waals surface area contributed by atoms with E-state index in [1.165, 1.54) is 7.11 Å². The second-order valence-electron chi connectivity index (χ2n) is 7.00. The highest BCUT2D eigenvalue weighted by molar-refractivity contribution is 6.30. The Labute approximate surface area is 157 Å². The lowest BCUT2D eigenvalue weighted by Crippen LogP contribution is -2.51. The lowest BCUT2D eigenvalue weighted by Gasteiger charge is -2.33. The molecule has 1 spiro atoms. The number of carbonyl (C=O) groups excluding carboxylic acids is 3. The maximum atomic E-state index is 12.7. The van der Waals surface area contributed by atoms with Gasteiger partial charge in [0.2, 0.25) is 5.91 Å². The van der Waals surface area contributed by atoms with Crippen LogP contribution in [-0.2, 0) is 16.0 Å². The first-order valence-corrected chi connectivity index (χ1v) is 9.01. The highest BCUT2D eigenvalue weighted by Gasteiger charge is 2.52. The molecule has 1 aromatic rings. The van der Waals surface area contributed by atoms with Gasteiger partial charge in [0.1, 0.15) is 11.3 Å². The normalized spacial score (nSPS) is 25.3. The number of carbonyl (C=O) groups is 3. The van der Waals surface area contributed by atoms with E-state index < -0.39 is 17.5 Å². The molecule has 1 aliphatic heterocycles. The first-order chi connectivity index (χ1) is 12.3. The fourth-order valence-corrected chi connectivity index (χ4v) is 3.73. The van der Waals surface area contributed by atoms with Crippen molar-refractivity contribution in [3.05, 3.63) is 28.8 Å². The van der Waals surface area contributed by atoms with E-state index in [4.69, 9.17) is 16.3 Å². The summed E-state index contributed by atoms with van der Waals surface area (Å²) in [5, 5.41) is 4.04. The minimum atomic E-state index is -0.884. The zero-order valence-corrected chi connectivity index (χ0v) is 15.6. The van der Waals surface area contributed by atoms with E-state index in [9.17, 15) is 14.4 Å². The van der Waals surface area contributed by atoms with Gasteiger partial charge in [-0.1, -0.05) is 18.5 Å². The molecule has 26 heavy (non-hydrogen) atoms. The molecule has 3 rings (SSSR count). The summed E-state index contributed by atoms with van der Waals surface area (Å²) < 4.78 is 5.22. The third-order valence-electron chi connectivity index (χ3n) is 5.12. The molecule has 0 atom stereocenters. The zero-order valence-electron chi connectivity index (χ0n) is 14.8. The topological polar surface area (TPSA) is 87.7 Å². The molecule has 1 heterocycles. The van der Waals surface area contributed by atoms with Gasteiger partial charge in [0, 0.05) is 10.6 Å². The van der Waals surface area contributed by atoms with Gasteiger partial charge in [-0.05, 0) is 49.8 Å². The monoisotopic (exact) mass is 379 g/mol. The smallest absolute Gasteiger partial charge is 0.344 e. The number of hydrogen-bond donors (Lipinski definition) is 2. The maximum absolute atomic E-state index is 12.7. The minimum absolute atomic E-state index is 0.0647. The van der Waals surface area contributed by atoms with Crippen molar-refractivity contribution in [3.63, 3.8) is 0 Å². The molecular formula is C18H22ClN3O4. The average molecular weight is 380 g/mol. The molecule has 7 nitrogen and oxygen atoms in total. The van der Waals surface area contributed by atoms with E-state index in [-0.39, 0.29) is 12.3 Å². The van der Waals surface area contributed by atoms with Crippen molar-refractivity contribution in [2.45, 2.75) is 44.6 Å². The summed E-state index contributed by atoms with van der Waals surface area (Å²) in [6.07, 6.45) is 2.85.